The van der Waals surface area contributed by atoms with Crippen LogP contribution >= 0.6 is 11.6 Å². The number of hydrogen-bond donors (Lipinski definition) is 2. The molecule has 1 amide bonds. The number of piperidine rings is 1. The van der Waals surface area contributed by atoms with Crippen LogP contribution < -0.4 is 5.32 Å². The summed E-state index contributed by atoms with van der Waals surface area (Å²) in [4.78, 5) is 25.9. The molecular formula is C20H22ClN5O2. The summed E-state index contributed by atoms with van der Waals surface area (Å²) in [5.74, 6) is 0.674. The van der Waals surface area contributed by atoms with E-state index in [2.05, 4.69) is 20.3 Å². The third-order valence-electron chi connectivity index (χ3n) is 5.05. The quantitative estimate of drug-likeness (QED) is 0.642. The van der Waals surface area contributed by atoms with E-state index in [4.69, 9.17) is 16.3 Å². The Morgan fingerprint density at radius 1 is 1.29 bits per heavy atom. The van der Waals surface area contributed by atoms with Gasteiger partial charge in [0.15, 0.2) is 0 Å². The van der Waals surface area contributed by atoms with Crippen LogP contribution in [-0.2, 0) is 11.3 Å². The molecular weight excluding hydrogens is 378 g/mol. The summed E-state index contributed by atoms with van der Waals surface area (Å²) in [6, 6.07) is 11.8. The number of halogens is 1. The molecule has 3 heterocycles. The molecule has 1 aliphatic rings. The maximum absolute atomic E-state index is 12.6. The second kappa shape index (κ2) is 8.06. The van der Waals surface area contributed by atoms with Crippen LogP contribution in [0, 0.1) is 0 Å². The fourth-order valence-electron chi connectivity index (χ4n) is 3.50. The van der Waals surface area contributed by atoms with Crippen molar-refractivity contribution >= 4 is 34.5 Å². The van der Waals surface area contributed by atoms with Crippen molar-refractivity contribution in [2.75, 3.05) is 11.9 Å². The van der Waals surface area contributed by atoms with Crippen LogP contribution in [0.2, 0.25) is 5.28 Å². The van der Waals surface area contributed by atoms with Crippen LogP contribution in [0.1, 0.15) is 25.3 Å². The number of nitrogens with one attached hydrogen (secondary N) is 2. The van der Waals surface area contributed by atoms with E-state index >= 15 is 0 Å². The SMILES string of the molecule is CC1CCC(Nc2nc(Cl)nc3[nH]ccc23)CN1C(=O)OCc1ccccc1. The molecule has 7 nitrogen and oxygen atoms in total. The first-order chi connectivity index (χ1) is 13.6. The van der Waals surface area contributed by atoms with Gasteiger partial charge in [-0.2, -0.15) is 4.98 Å². The van der Waals surface area contributed by atoms with E-state index in [0.29, 0.717) is 18.0 Å². The minimum atomic E-state index is -0.296. The third kappa shape index (κ3) is 4.04. The van der Waals surface area contributed by atoms with E-state index < -0.39 is 0 Å². The van der Waals surface area contributed by atoms with E-state index in [-0.39, 0.29) is 30.1 Å². The van der Waals surface area contributed by atoms with E-state index in [1.807, 2.05) is 43.3 Å². The third-order valence-corrected chi connectivity index (χ3v) is 5.22. The number of likely N-dealkylation sites (tertiary alicyclic amines) is 1. The molecule has 4 rings (SSSR count). The highest BCUT2D eigenvalue weighted by molar-refractivity contribution is 6.28. The van der Waals surface area contributed by atoms with E-state index in [1.165, 1.54) is 0 Å². The van der Waals surface area contributed by atoms with Gasteiger partial charge in [-0.3, -0.25) is 0 Å². The van der Waals surface area contributed by atoms with Crippen LogP contribution in [0.15, 0.2) is 42.6 Å². The normalized spacial score (nSPS) is 19.6. The second-order valence-electron chi connectivity index (χ2n) is 7.04. The largest absolute Gasteiger partial charge is 0.445 e. The Kier molecular flexibility index (Phi) is 5.34. The van der Waals surface area contributed by atoms with E-state index in [1.54, 1.807) is 11.1 Å². The first-order valence-electron chi connectivity index (χ1n) is 9.34. The highest BCUT2D eigenvalue weighted by atomic mass is 35.5. The fraction of sp³-hybridized carbons (Fsp3) is 0.350. The number of benzene rings is 1. The molecule has 146 valence electrons. The van der Waals surface area contributed by atoms with Gasteiger partial charge >= 0.3 is 6.09 Å². The molecule has 2 aromatic heterocycles. The minimum absolute atomic E-state index is 0.0598. The molecule has 1 fully saturated rings. The number of nitrogens with zero attached hydrogens (tertiary/aromatic N) is 3. The van der Waals surface area contributed by atoms with Gasteiger partial charge in [-0.15, -0.1) is 0 Å². The molecule has 0 aliphatic carbocycles. The number of anilines is 1. The Labute approximate surface area is 168 Å². The number of aromatic amines is 1. The zero-order valence-corrected chi connectivity index (χ0v) is 16.3. The molecule has 28 heavy (non-hydrogen) atoms. The number of hydrogen-bond acceptors (Lipinski definition) is 5. The Morgan fingerprint density at radius 3 is 2.93 bits per heavy atom. The lowest BCUT2D eigenvalue weighted by molar-refractivity contribution is 0.0696. The first kappa shape index (κ1) is 18.6. The predicted molar refractivity (Wildman–Crippen MR) is 108 cm³/mol. The number of fused-ring (bicyclic) bond motifs is 1. The summed E-state index contributed by atoms with van der Waals surface area (Å²) in [6.07, 6.45) is 3.32. The molecule has 1 saturated heterocycles. The van der Waals surface area contributed by atoms with Gasteiger partial charge in [-0.05, 0) is 43.0 Å². The lowest BCUT2D eigenvalue weighted by Gasteiger charge is -2.37. The fourth-order valence-corrected chi connectivity index (χ4v) is 3.67. The number of H-pyrrole nitrogens is 1. The number of carbonyl (C=O) groups excluding carboxylic acids is 1. The molecule has 1 aliphatic heterocycles. The Hall–Kier alpha value is -2.80. The summed E-state index contributed by atoms with van der Waals surface area (Å²) in [5.41, 5.74) is 1.66. The minimum Gasteiger partial charge on any atom is -0.445 e. The summed E-state index contributed by atoms with van der Waals surface area (Å²) in [7, 11) is 0. The van der Waals surface area contributed by atoms with Gasteiger partial charge in [-0.25, -0.2) is 9.78 Å². The predicted octanol–water partition coefficient (Wildman–Crippen LogP) is 4.21. The molecule has 3 aromatic rings. The van der Waals surface area contributed by atoms with Crippen molar-refractivity contribution in [3.05, 3.63) is 53.4 Å². The molecule has 8 heteroatoms. The molecule has 2 N–H and O–H groups in total. The van der Waals surface area contributed by atoms with Crippen LogP contribution in [-0.4, -0.2) is 44.6 Å². The van der Waals surface area contributed by atoms with Crippen molar-refractivity contribution in [3.8, 4) is 0 Å². The zero-order valence-electron chi connectivity index (χ0n) is 15.6. The topological polar surface area (TPSA) is 83.1 Å². The number of carbonyl (C=O) groups is 1. The molecule has 2 atom stereocenters. The average Bonchev–Trinajstić information content (AvgIpc) is 3.17. The van der Waals surface area contributed by atoms with Crippen molar-refractivity contribution < 1.29 is 9.53 Å². The van der Waals surface area contributed by atoms with Crippen LogP contribution in [0.4, 0.5) is 10.6 Å². The zero-order chi connectivity index (χ0) is 19.5. The van der Waals surface area contributed by atoms with Gasteiger partial charge in [0.2, 0.25) is 5.28 Å². The van der Waals surface area contributed by atoms with Gasteiger partial charge in [0.05, 0.1) is 5.39 Å². The lowest BCUT2D eigenvalue weighted by atomic mass is 10.00. The highest BCUT2D eigenvalue weighted by Gasteiger charge is 2.30. The van der Waals surface area contributed by atoms with Crippen LogP contribution in [0.3, 0.4) is 0 Å². The monoisotopic (exact) mass is 399 g/mol. The molecule has 0 saturated carbocycles. The Balaban J connectivity index is 1.42. The molecule has 0 spiro atoms. The first-order valence-corrected chi connectivity index (χ1v) is 9.72. The Bertz CT molecular complexity index is 962. The van der Waals surface area contributed by atoms with Crippen molar-refractivity contribution in [3.63, 3.8) is 0 Å². The van der Waals surface area contributed by atoms with Crippen LogP contribution in [0.5, 0.6) is 0 Å². The average molecular weight is 400 g/mol. The van der Waals surface area contributed by atoms with Crippen molar-refractivity contribution in [1.82, 2.24) is 19.9 Å². The van der Waals surface area contributed by atoms with Gasteiger partial charge in [-0.1, -0.05) is 30.3 Å². The van der Waals surface area contributed by atoms with E-state index in [0.717, 1.165) is 23.8 Å². The summed E-state index contributed by atoms with van der Waals surface area (Å²) >= 11 is 6.03. The number of ether oxygens (including phenoxy) is 1. The van der Waals surface area contributed by atoms with Gasteiger partial charge in [0.25, 0.3) is 0 Å². The van der Waals surface area contributed by atoms with Crippen molar-refractivity contribution in [2.45, 2.75) is 38.5 Å². The van der Waals surface area contributed by atoms with Crippen LogP contribution in [0.25, 0.3) is 11.0 Å². The van der Waals surface area contributed by atoms with Gasteiger partial charge < -0.3 is 19.9 Å². The second-order valence-corrected chi connectivity index (χ2v) is 7.38. The summed E-state index contributed by atoms with van der Waals surface area (Å²) in [5, 5.41) is 4.48. The highest BCUT2D eigenvalue weighted by Crippen LogP contribution is 2.25. The van der Waals surface area contributed by atoms with Crippen molar-refractivity contribution in [2.24, 2.45) is 0 Å². The molecule has 2 unspecified atom stereocenters. The number of aromatic nitrogens is 3. The molecule has 0 radical (unpaired) electrons. The van der Waals surface area contributed by atoms with Gasteiger partial charge in [0.1, 0.15) is 18.1 Å². The smallest absolute Gasteiger partial charge is 0.410 e. The maximum atomic E-state index is 12.6. The number of rotatable bonds is 4. The Morgan fingerprint density at radius 2 is 2.11 bits per heavy atom. The number of amides is 1. The van der Waals surface area contributed by atoms with Crippen molar-refractivity contribution in [1.29, 1.82) is 0 Å². The standard InChI is InChI=1S/C20H22ClN5O2/c1-13-7-8-15(23-18-16-9-10-22-17(16)24-19(21)25-18)11-26(13)20(27)28-12-14-5-3-2-4-6-14/h2-6,9-10,13,15H,7-8,11-12H2,1H3,(H2,22,23,24,25). The molecule has 0 bridgehead atoms. The summed E-state index contributed by atoms with van der Waals surface area (Å²) < 4.78 is 5.52. The summed E-state index contributed by atoms with van der Waals surface area (Å²) in [6.45, 7) is 2.86. The lowest BCUT2D eigenvalue weighted by Crippen LogP contribution is -2.49. The van der Waals surface area contributed by atoms with Gasteiger partial charge in [0, 0.05) is 24.8 Å². The molecule has 1 aromatic carbocycles. The van der Waals surface area contributed by atoms with E-state index in [9.17, 15) is 4.79 Å². The maximum Gasteiger partial charge on any atom is 0.410 e.